The molecule has 0 atom stereocenters. The summed E-state index contributed by atoms with van der Waals surface area (Å²) in [6, 6.07) is 3.58. The number of nitrogens with zero attached hydrogens (tertiary/aromatic N) is 2. The van der Waals surface area contributed by atoms with E-state index in [0.29, 0.717) is 25.9 Å². The van der Waals surface area contributed by atoms with Crippen LogP contribution in [0.4, 0.5) is 4.39 Å². The largest absolute Gasteiger partial charge is 0.495 e. The van der Waals surface area contributed by atoms with Gasteiger partial charge in [-0.2, -0.15) is 4.31 Å². The van der Waals surface area contributed by atoms with E-state index in [1.165, 1.54) is 23.5 Å². The van der Waals surface area contributed by atoms with E-state index in [2.05, 4.69) is 4.90 Å². The van der Waals surface area contributed by atoms with Crippen LogP contribution in [0.5, 0.6) is 5.75 Å². The molecule has 0 radical (unpaired) electrons. The van der Waals surface area contributed by atoms with Gasteiger partial charge >= 0.3 is 0 Å². The molecule has 138 valence electrons. The van der Waals surface area contributed by atoms with Gasteiger partial charge in [-0.1, -0.05) is 0 Å². The molecule has 7 nitrogen and oxygen atoms in total. The number of halogens is 1. The maximum absolute atomic E-state index is 13.5. The number of benzene rings is 1. The molecule has 0 aliphatic carbocycles. The highest BCUT2D eigenvalue weighted by Crippen LogP contribution is 2.32. The summed E-state index contributed by atoms with van der Waals surface area (Å²) in [7, 11) is -2.44. The lowest BCUT2D eigenvalue weighted by Gasteiger charge is -2.46. The van der Waals surface area contributed by atoms with Gasteiger partial charge in [0, 0.05) is 25.0 Å². The molecule has 1 amide bonds. The van der Waals surface area contributed by atoms with Crippen LogP contribution in [0.2, 0.25) is 0 Å². The molecule has 0 aromatic heterocycles. The molecule has 1 aromatic carbocycles. The quantitative estimate of drug-likeness (QED) is 0.809. The summed E-state index contributed by atoms with van der Waals surface area (Å²) in [5.41, 5.74) is 5.33. The van der Waals surface area contributed by atoms with Gasteiger partial charge in [0.25, 0.3) is 0 Å². The summed E-state index contributed by atoms with van der Waals surface area (Å²) in [6.45, 7) is 2.16. The first-order chi connectivity index (χ1) is 11.8. The summed E-state index contributed by atoms with van der Waals surface area (Å²) >= 11 is 0. The number of ether oxygens (including phenoxy) is 1. The minimum atomic E-state index is -3.80. The molecular weight excluding hydrogens is 349 g/mol. The van der Waals surface area contributed by atoms with Gasteiger partial charge in [0.15, 0.2) is 0 Å². The maximum Gasteiger partial charge on any atom is 0.246 e. The van der Waals surface area contributed by atoms with Gasteiger partial charge in [-0.25, -0.2) is 12.8 Å². The molecule has 0 saturated carbocycles. The van der Waals surface area contributed by atoms with E-state index < -0.39 is 15.8 Å². The predicted octanol–water partition coefficient (Wildman–Crippen LogP) is 0.405. The Balaban J connectivity index is 1.64. The first kappa shape index (κ1) is 18.1. The topological polar surface area (TPSA) is 92.9 Å². The summed E-state index contributed by atoms with van der Waals surface area (Å²) in [5.74, 6) is -0.847. The van der Waals surface area contributed by atoms with Gasteiger partial charge in [-0.05, 0) is 44.1 Å². The van der Waals surface area contributed by atoms with Crippen LogP contribution in [-0.2, 0) is 14.8 Å². The SMILES string of the molecule is COc1ccc(F)cc1S(=O)(=O)N1CC(N2CCC(C(N)=O)CC2)C1. The number of amides is 1. The van der Waals surface area contributed by atoms with Crippen molar-refractivity contribution in [2.45, 2.75) is 23.8 Å². The van der Waals surface area contributed by atoms with Crippen molar-refractivity contribution in [2.24, 2.45) is 11.7 Å². The summed E-state index contributed by atoms with van der Waals surface area (Å²) in [5, 5.41) is 0. The average molecular weight is 371 g/mol. The zero-order valence-corrected chi connectivity index (χ0v) is 14.8. The van der Waals surface area contributed by atoms with Gasteiger partial charge in [0.05, 0.1) is 7.11 Å². The Morgan fingerprint density at radius 1 is 1.28 bits per heavy atom. The van der Waals surface area contributed by atoms with Crippen LogP contribution in [0.25, 0.3) is 0 Å². The van der Waals surface area contributed by atoms with Gasteiger partial charge in [0.2, 0.25) is 15.9 Å². The van der Waals surface area contributed by atoms with Crippen LogP contribution in [0.15, 0.2) is 23.1 Å². The lowest BCUT2D eigenvalue weighted by molar-refractivity contribution is -0.123. The normalized spacial score (nSPS) is 21.0. The second-order valence-corrected chi connectivity index (χ2v) is 8.39. The molecule has 1 aromatic rings. The highest BCUT2D eigenvalue weighted by atomic mass is 32.2. The van der Waals surface area contributed by atoms with E-state index in [4.69, 9.17) is 10.5 Å². The molecule has 25 heavy (non-hydrogen) atoms. The van der Waals surface area contributed by atoms with Crippen molar-refractivity contribution in [1.82, 2.24) is 9.21 Å². The second-order valence-electron chi connectivity index (χ2n) is 6.48. The van der Waals surface area contributed by atoms with Crippen molar-refractivity contribution in [3.8, 4) is 5.75 Å². The number of carbonyl (C=O) groups excluding carboxylic acids is 1. The van der Waals surface area contributed by atoms with Crippen molar-refractivity contribution in [3.05, 3.63) is 24.0 Å². The number of piperidine rings is 1. The van der Waals surface area contributed by atoms with Crippen LogP contribution >= 0.6 is 0 Å². The summed E-state index contributed by atoms with van der Waals surface area (Å²) < 4.78 is 45.3. The highest BCUT2D eigenvalue weighted by molar-refractivity contribution is 7.89. The fourth-order valence-electron chi connectivity index (χ4n) is 3.38. The number of hydrogen-bond donors (Lipinski definition) is 1. The number of primary amides is 1. The Labute approximate surface area is 146 Å². The number of nitrogens with two attached hydrogens (primary N) is 1. The molecule has 2 aliphatic rings. The second kappa shape index (κ2) is 6.89. The van der Waals surface area contributed by atoms with Crippen molar-refractivity contribution in [2.75, 3.05) is 33.3 Å². The lowest BCUT2D eigenvalue weighted by Crippen LogP contribution is -2.62. The standard InChI is InChI=1S/C16H22FN3O4S/c1-24-14-3-2-12(17)8-15(14)25(22,23)20-9-13(10-20)19-6-4-11(5-7-19)16(18)21/h2-3,8,11,13H,4-7,9-10H2,1H3,(H2,18,21). The monoisotopic (exact) mass is 371 g/mol. The molecule has 2 heterocycles. The predicted molar refractivity (Wildman–Crippen MR) is 89.0 cm³/mol. The Kier molecular flexibility index (Phi) is 4.99. The number of sulfonamides is 1. The van der Waals surface area contributed by atoms with Crippen LogP contribution in [0, 0.1) is 11.7 Å². The molecule has 2 N–H and O–H groups in total. The van der Waals surface area contributed by atoms with Crippen LogP contribution in [0.1, 0.15) is 12.8 Å². The Morgan fingerprint density at radius 3 is 2.48 bits per heavy atom. The molecule has 2 fully saturated rings. The molecule has 3 rings (SSSR count). The first-order valence-corrected chi connectivity index (χ1v) is 9.64. The number of likely N-dealkylation sites (tertiary alicyclic amines) is 1. The van der Waals surface area contributed by atoms with E-state index in [0.717, 1.165) is 19.2 Å². The molecule has 2 aliphatic heterocycles. The highest BCUT2D eigenvalue weighted by Gasteiger charge is 2.42. The smallest absolute Gasteiger partial charge is 0.246 e. The summed E-state index contributed by atoms with van der Waals surface area (Å²) in [4.78, 5) is 13.3. The van der Waals surface area contributed by atoms with Crippen LogP contribution in [-0.4, -0.2) is 62.9 Å². The van der Waals surface area contributed by atoms with E-state index in [1.54, 1.807) is 0 Å². The molecular formula is C16H22FN3O4S. The Hall–Kier alpha value is -1.71. The zero-order valence-electron chi connectivity index (χ0n) is 14.0. The van der Waals surface area contributed by atoms with Crippen molar-refractivity contribution in [1.29, 1.82) is 0 Å². The fraction of sp³-hybridized carbons (Fsp3) is 0.562. The number of methoxy groups -OCH3 is 1. The molecule has 0 bridgehead atoms. The lowest BCUT2D eigenvalue weighted by atomic mass is 9.94. The number of rotatable bonds is 5. The number of carbonyl (C=O) groups is 1. The number of hydrogen-bond acceptors (Lipinski definition) is 5. The van der Waals surface area contributed by atoms with E-state index in [1.807, 2.05) is 0 Å². The van der Waals surface area contributed by atoms with Crippen molar-refractivity contribution >= 4 is 15.9 Å². The van der Waals surface area contributed by atoms with Gasteiger partial charge in [-0.3, -0.25) is 9.69 Å². The Morgan fingerprint density at radius 2 is 1.92 bits per heavy atom. The molecule has 0 unspecified atom stereocenters. The van der Waals surface area contributed by atoms with Crippen molar-refractivity contribution < 1.29 is 22.3 Å². The Bertz CT molecular complexity index is 757. The zero-order chi connectivity index (χ0) is 18.2. The first-order valence-electron chi connectivity index (χ1n) is 8.20. The fourth-order valence-corrected chi connectivity index (χ4v) is 5.07. The van der Waals surface area contributed by atoms with Gasteiger partial charge < -0.3 is 10.5 Å². The third-order valence-electron chi connectivity index (χ3n) is 5.02. The van der Waals surface area contributed by atoms with E-state index in [-0.39, 0.29) is 28.5 Å². The van der Waals surface area contributed by atoms with E-state index >= 15 is 0 Å². The summed E-state index contributed by atoms with van der Waals surface area (Å²) in [6.07, 6.45) is 1.41. The molecule has 2 saturated heterocycles. The van der Waals surface area contributed by atoms with E-state index in [9.17, 15) is 17.6 Å². The van der Waals surface area contributed by atoms with Crippen molar-refractivity contribution in [3.63, 3.8) is 0 Å². The average Bonchev–Trinajstić information content (AvgIpc) is 2.53. The molecule has 0 spiro atoms. The third-order valence-corrected chi connectivity index (χ3v) is 6.87. The minimum absolute atomic E-state index is 0.0901. The third kappa shape index (κ3) is 3.49. The van der Waals surface area contributed by atoms with Gasteiger partial charge in [0.1, 0.15) is 16.5 Å². The van der Waals surface area contributed by atoms with Gasteiger partial charge in [-0.15, -0.1) is 0 Å². The maximum atomic E-state index is 13.5. The van der Waals surface area contributed by atoms with Crippen LogP contribution in [0.3, 0.4) is 0 Å². The molecule has 9 heteroatoms. The minimum Gasteiger partial charge on any atom is -0.495 e. The van der Waals surface area contributed by atoms with Crippen LogP contribution < -0.4 is 10.5 Å².